The molecule has 0 fully saturated rings. The molecule has 2 aromatic rings. The van der Waals surface area contributed by atoms with Crippen LogP contribution < -0.4 is 10.2 Å². The molecule has 112 valence electrons. The summed E-state index contributed by atoms with van der Waals surface area (Å²) in [6, 6.07) is 7.18. The number of hydrogen-bond donors (Lipinski definition) is 1. The van der Waals surface area contributed by atoms with Crippen LogP contribution in [0.1, 0.15) is 41.2 Å². The van der Waals surface area contributed by atoms with Crippen LogP contribution in [0, 0.1) is 6.92 Å². The lowest BCUT2D eigenvalue weighted by molar-refractivity contribution is 0.570. The van der Waals surface area contributed by atoms with Gasteiger partial charge in [0, 0.05) is 36.9 Å². The molecule has 0 bridgehead atoms. The van der Waals surface area contributed by atoms with Gasteiger partial charge in [-0.05, 0) is 43.9 Å². The molecule has 2 heterocycles. The second kappa shape index (κ2) is 6.16. The molecule has 1 aromatic heterocycles. The van der Waals surface area contributed by atoms with Crippen LogP contribution in [0.3, 0.4) is 0 Å². The van der Waals surface area contributed by atoms with Crippen molar-refractivity contribution in [1.82, 2.24) is 10.3 Å². The number of anilines is 1. The molecule has 1 N–H and O–H groups in total. The highest BCUT2D eigenvalue weighted by Crippen LogP contribution is 2.27. The van der Waals surface area contributed by atoms with E-state index in [-0.39, 0.29) is 0 Å². The van der Waals surface area contributed by atoms with E-state index in [2.05, 4.69) is 52.8 Å². The molecule has 3 rings (SSSR count). The smallest absolute Gasteiger partial charge is 0.110 e. The van der Waals surface area contributed by atoms with Crippen molar-refractivity contribution in [1.29, 1.82) is 0 Å². The third-order valence-electron chi connectivity index (χ3n) is 4.11. The molecular formula is C17H23N3S. The summed E-state index contributed by atoms with van der Waals surface area (Å²) < 4.78 is 0. The Hall–Kier alpha value is -1.39. The summed E-state index contributed by atoms with van der Waals surface area (Å²) >= 11 is 1.74. The highest BCUT2D eigenvalue weighted by molar-refractivity contribution is 7.09. The van der Waals surface area contributed by atoms with Crippen LogP contribution in [0.25, 0.3) is 0 Å². The molecule has 21 heavy (non-hydrogen) atoms. The minimum absolute atomic E-state index is 0.308. The van der Waals surface area contributed by atoms with Gasteiger partial charge in [-0.1, -0.05) is 12.1 Å². The number of nitrogens with zero attached hydrogens (tertiary/aromatic N) is 2. The van der Waals surface area contributed by atoms with E-state index >= 15 is 0 Å². The fourth-order valence-corrected chi connectivity index (χ4v) is 3.71. The van der Waals surface area contributed by atoms with Crippen LogP contribution in [-0.2, 0) is 13.0 Å². The zero-order chi connectivity index (χ0) is 14.8. The Balaban J connectivity index is 1.65. The molecule has 3 nitrogen and oxygen atoms in total. The van der Waals surface area contributed by atoms with Gasteiger partial charge in [-0.2, -0.15) is 0 Å². The normalized spacial score (nSPS) is 15.9. The van der Waals surface area contributed by atoms with Crippen molar-refractivity contribution in [2.75, 3.05) is 18.5 Å². The molecular weight excluding hydrogens is 278 g/mol. The van der Waals surface area contributed by atoms with Crippen LogP contribution >= 0.6 is 11.3 Å². The van der Waals surface area contributed by atoms with Gasteiger partial charge >= 0.3 is 0 Å². The lowest BCUT2D eigenvalue weighted by atomic mass is 9.99. The first-order valence-electron chi connectivity index (χ1n) is 7.62. The molecule has 1 aliphatic heterocycles. The number of aromatic nitrogens is 1. The summed E-state index contributed by atoms with van der Waals surface area (Å²) in [5.74, 6) is 0. The predicted octanol–water partition coefficient (Wildman–Crippen LogP) is 3.68. The number of nitrogens with one attached hydrogen (secondary N) is 1. The maximum atomic E-state index is 4.55. The number of fused-ring (bicyclic) bond motifs is 1. The fourth-order valence-electron chi connectivity index (χ4n) is 2.88. The Morgan fingerprint density at radius 3 is 3.05 bits per heavy atom. The minimum atomic E-state index is 0.308. The highest BCUT2D eigenvalue weighted by atomic mass is 32.1. The van der Waals surface area contributed by atoms with Crippen molar-refractivity contribution in [3.8, 4) is 0 Å². The average Bonchev–Trinajstić information content (AvgIpc) is 2.91. The van der Waals surface area contributed by atoms with Crippen molar-refractivity contribution in [3.05, 3.63) is 45.4 Å². The summed E-state index contributed by atoms with van der Waals surface area (Å²) in [7, 11) is 2.18. The second-order valence-electron chi connectivity index (χ2n) is 5.92. The summed E-state index contributed by atoms with van der Waals surface area (Å²) in [4.78, 5) is 6.91. The van der Waals surface area contributed by atoms with Gasteiger partial charge < -0.3 is 10.2 Å². The van der Waals surface area contributed by atoms with Crippen LogP contribution in [0.5, 0.6) is 0 Å². The number of rotatable bonds is 4. The Labute approximate surface area is 131 Å². The number of aryl methyl sites for hydroxylation is 2. The predicted molar refractivity (Wildman–Crippen MR) is 90.1 cm³/mol. The minimum Gasteiger partial charge on any atom is -0.374 e. The summed E-state index contributed by atoms with van der Waals surface area (Å²) in [5.41, 5.74) is 5.36. The van der Waals surface area contributed by atoms with E-state index in [0.29, 0.717) is 6.04 Å². The van der Waals surface area contributed by atoms with Crippen molar-refractivity contribution in [3.63, 3.8) is 0 Å². The van der Waals surface area contributed by atoms with Gasteiger partial charge in [0.25, 0.3) is 0 Å². The van der Waals surface area contributed by atoms with Gasteiger partial charge in [0.05, 0.1) is 6.04 Å². The molecule has 0 radical (unpaired) electrons. The third kappa shape index (κ3) is 3.27. The van der Waals surface area contributed by atoms with E-state index in [1.807, 2.05) is 6.92 Å². The molecule has 1 atom stereocenters. The van der Waals surface area contributed by atoms with Gasteiger partial charge in [0.1, 0.15) is 5.01 Å². The zero-order valence-corrected chi connectivity index (χ0v) is 13.8. The monoisotopic (exact) mass is 301 g/mol. The zero-order valence-electron chi connectivity index (χ0n) is 13.0. The Morgan fingerprint density at radius 1 is 1.43 bits per heavy atom. The largest absolute Gasteiger partial charge is 0.374 e. The van der Waals surface area contributed by atoms with E-state index in [1.165, 1.54) is 41.2 Å². The fraction of sp³-hybridized carbons (Fsp3) is 0.471. The van der Waals surface area contributed by atoms with Gasteiger partial charge in [-0.15, -0.1) is 11.3 Å². The van der Waals surface area contributed by atoms with Crippen molar-refractivity contribution in [2.24, 2.45) is 0 Å². The Morgan fingerprint density at radius 2 is 2.29 bits per heavy atom. The summed E-state index contributed by atoms with van der Waals surface area (Å²) in [6.45, 7) is 6.30. The van der Waals surface area contributed by atoms with Gasteiger partial charge in [0.15, 0.2) is 0 Å². The topological polar surface area (TPSA) is 28.2 Å². The maximum Gasteiger partial charge on any atom is 0.110 e. The molecule has 1 unspecified atom stereocenters. The van der Waals surface area contributed by atoms with E-state index < -0.39 is 0 Å². The van der Waals surface area contributed by atoms with Crippen molar-refractivity contribution in [2.45, 2.75) is 39.3 Å². The molecule has 0 saturated heterocycles. The molecule has 0 aliphatic carbocycles. The quantitative estimate of drug-likeness (QED) is 0.933. The van der Waals surface area contributed by atoms with Crippen LogP contribution in [0.15, 0.2) is 23.6 Å². The Bertz CT molecular complexity index is 620. The summed E-state index contributed by atoms with van der Waals surface area (Å²) in [6.07, 6.45) is 2.46. The lowest BCUT2D eigenvalue weighted by Gasteiger charge is -2.28. The van der Waals surface area contributed by atoms with Crippen molar-refractivity contribution >= 4 is 17.0 Å². The Kier molecular flexibility index (Phi) is 4.27. The molecule has 0 amide bonds. The van der Waals surface area contributed by atoms with Gasteiger partial charge in [-0.25, -0.2) is 4.98 Å². The van der Waals surface area contributed by atoms with E-state index in [9.17, 15) is 0 Å². The SMILES string of the molecule is Cc1csc(C(C)NCc2ccc3c(c2)CCCN3C)n1. The number of hydrogen-bond acceptors (Lipinski definition) is 4. The van der Waals surface area contributed by atoms with E-state index in [1.54, 1.807) is 11.3 Å². The molecule has 0 saturated carbocycles. The molecule has 1 aromatic carbocycles. The highest BCUT2D eigenvalue weighted by Gasteiger charge is 2.14. The second-order valence-corrected chi connectivity index (χ2v) is 6.81. The average molecular weight is 301 g/mol. The van der Waals surface area contributed by atoms with E-state index in [0.717, 1.165) is 12.2 Å². The number of benzene rings is 1. The maximum absolute atomic E-state index is 4.55. The molecule has 1 aliphatic rings. The summed E-state index contributed by atoms with van der Waals surface area (Å²) in [5, 5.41) is 6.87. The first-order chi connectivity index (χ1) is 10.1. The first kappa shape index (κ1) is 14.5. The van der Waals surface area contributed by atoms with E-state index in [4.69, 9.17) is 0 Å². The molecule has 4 heteroatoms. The molecule has 0 spiro atoms. The van der Waals surface area contributed by atoms with Crippen LogP contribution in [0.4, 0.5) is 5.69 Å². The van der Waals surface area contributed by atoms with Gasteiger partial charge in [0.2, 0.25) is 0 Å². The first-order valence-corrected chi connectivity index (χ1v) is 8.50. The standard InChI is InChI=1S/C17H23N3S/c1-12-11-21-17(19-12)13(2)18-10-14-6-7-16-15(9-14)5-4-8-20(16)3/h6-7,9,11,13,18H,4-5,8,10H2,1-3H3. The lowest BCUT2D eigenvalue weighted by Crippen LogP contribution is -2.25. The van der Waals surface area contributed by atoms with Crippen molar-refractivity contribution < 1.29 is 0 Å². The van der Waals surface area contributed by atoms with Gasteiger partial charge in [-0.3, -0.25) is 0 Å². The third-order valence-corrected chi connectivity index (χ3v) is 5.26. The van der Waals surface area contributed by atoms with Crippen LogP contribution in [0.2, 0.25) is 0 Å². The number of thiazole rings is 1. The van der Waals surface area contributed by atoms with Crippen LogP contribution in [-0.4, -0.2) is 18.6 Å².